The summed E-state index contributed by atoms with van der Waals surface area (Å²) in [5.74, 6) is 0. The lowest BCUT2D eigenvalue weighted by molar-refractivity contribution is 0.393. The summed E-state index contributed by atoms with van der Waals surface area (Å²) in [7, 11) is -3.29. The molecule has 8 heteroatoms. The average Bonchev–Trinajstić information content (AvgIpc) is 2.50. The first-order valence-electron chi connectivity index (χ1n) is 6.11. The van der Waals surface area contributed by atoms with Crippen LogP contribution in [0, 0.1) is 11.7 Å². The van der Waals surface area contributed by atoms with Crippen LogP contribution < -0.4 is 4.72 Å². The monoisotopic (exact) mass is 314 g/mol. The molecule has 0 spiro atoms. The van der Waals surface area contributed by atoms with Gasteiger partial charge in [0.1, 0.15) is 0 Å². The van der Waals surface area contributed by atoms with Gasteiger partial charge in [-0.1, -0.05) is 0 Å². The molecule has 0 radical (unpaired) electrons. The second-order valence-corrected chi connectivity index (χ2v) is 7.79. The van der Waals surface area contributed by atoms with Gasteiger partial charge in [0.05, 0.1) is 11.8 Å². The summed E-state index contributed by atoms with van der Waals surface area (Å²) in [6.45, 7) is 5.97. The van der Waals surface area contributed by atoms with Gasteiger partial charge in [0.2, 0.25) is 10.0 Å². The molecule has 0 aliphatic carbocycles. The molecular weight excluding hydrogens is 296 g/mol. The Morgan fingerprint density at radius 2 is 2.15 bits per heavy atom. The van der Waals surface area contributed by atoms with Crippen LogP contribution in [0.4, 0.5) is 0 Å². The molecule has 110 valence electrons. The van der Waals surface area contributed by atoms with Crippen LogP contribution in [0.5, 0.6) is 0 Å². The summed E-state index contributed by atoms with van der Waals surface area (Å²) in [6, 6.07) is 1.96. The molecule has 0 unspecified atom stereocenters. The molecule has 0 fully saturated rings. The van der Waals surface area contributed by atoms with Gasteiger partial charge in [-0.05, 0) is 44.6 Å². The molecule has 2 aromatic rings. The van der Waals surface area contributed by atoms with Crippen molar-refractivity contribution in [2.75, 3.05) is 6.26 Å². The van der Waals surface area contributed by atoms with Crippen LogP contribution in [0.15, 0.2) is 12.3 Å². The highest BCUT2D eigenvalue weighted by atomic mass is 32.2. The van der Waals surface area contributed by atoms with Crippen LogP contribution in [-0.2, 0) is 16.6 Å². The number of nitrogens with zero attached hydrogens (tertiary/aromatic N) is 2. The lowest BCUT2D eigenvalue weighted by Crippen LogP contribution is -2.46. The first-order chi connectivity index (χ1) is 9.07. The Labute approximate surface area is 123 Å². The van der Waals surface area contributed by atoms with Crippen molar-refractivity contribution in [2.45, 2.75) is 32.9 Å². The second-order valence-electron chi connectivity index (χ2n) is 5.66. The second kappa shape index (κ2) is 4.94. The number of sulfonamides is 1. The van der Waals surface area contributed by atoms with Crippen LogP contribution in [0.3, 0.4) is 0 Å². The minimum absolute atomic E-state index is 0.398. The fraction of sp³-hybridized carbons (Fsp3) is 0.500. The number of nitrogens with one attached hydrogen (secondary N) is 2. The number of H-pyrrole nitrogens is 1. The predicted molar refractivity (Wildman–Crippen MR) is 81.7 cm³/mol. The number of hydrogen-bond donors (Lipinski definition) is 2. The zero-order valence-corrected chi connectivity index (χ0v) is 13.5. The zero-order valence-electron chi connectivity index (χ0n) is 11.9. The van der Waals surface area contributed by atoms with Gasteiger partial charge >= 0.3 is 0 Å². The molecule has 0 saturated carbocycles. The van der Waals surface area contributed by atoms with Crippen LogP contribution in [0.2, 0.25) is 0 Å². The van der Waals surface area contributed by atoms with Gasteiger partial charge in [-0.15, -0.1) is 0 Å². The summed E-state index contributed by atoms with van der Waals surface area (Å²) in [5, 5.41) is 0. The summed E-state index contributed by atoms with van der Waals surface area (Å²) < 4.78 is 27.7. The van der Waals surface area contributed by atoms with E-state index in [0.717, 1.165) is 23.0 Å². The van der Waals surface area contributed by atoms with Crippen molar-refractivity contribution in [1.82, 2.24) is 19.3 Å². The van der Waals surface area contributed by atoms with Crippen LogP contribution in [0.1, 0.15) is 19.4 Å². The quantitative estimate of drug-likeness (QED) is 0.842. The Morgan fingerprint density at radius 3 is 2.75 bits per heavy atom. The molecule has 2 rings (SSSR count). The minimum atomic E-state index is -3.29. The number of pyridine rings is 1. The zero-order chi connectivity index (χ0) is 15.1. The number of aromatic amines is 1. The molecule has 0 aromatic carbocycles. The number of rotatable bonds is 4. The van der Waals surface area contributed by atoms with E-state index in [1.165, 1.54) is 0 Å². The number of aromatic nitrogens is 3. The maximum Gasteiger partial charge on any atom is 0.209 e. The molecule has 0 atom stereocenters. The van der Waals surface area contributed by atoms with Crippen molar-refractivity contribution < 1.29 is 8.42 Å². The maximum atomic E-state index is 11.4. The van der Waals surface area contributed by atoms with Gasteiger partial charge in [0.15, 0.2) is 10.4 Å². The molecule has 0 bridgehead atoms. The Morgan fingerprint density at radius 1 is 1.50 bits per heavy atom. The van der Waals surface area contributed by atoms with Gasteiger partial charge in [0, 0.05) is 18.3 Å². The molecular formula is C12H18N4O2S2. The van der Waals surface area contributed by atoms with Crippen molar-refractivity contribution in [3.8, 4) is 0 Å². The van der Waals surface area contributed by atoms with E-state index in [4.69, 9.17) is 12.2 Å². The molecule has 2 N–H and O–H groups in total. The molecule has 2 aromatic heterocycles. The molecule has 0 aliphatic heterocycles. The van der Waals surface area contributed by atoms with Crippen molar-refractivity contribution in [2.24, 2.45) is 0 Å². The normalized spacial score (nSPS) is 13.0. The van der Waals surface area contributed by atoms with Crippen molar-refractivity contribution in [3.05, 3.63) is 22.6 Å². The number of aryl methyl sites for hydroxylation is 1. The van der Waals surface area contributed by atoms with Crippen molar-refractivity contribution >= 4 is 33.4 Å². The van der Waals surface area contributed by atoms with E-state index in [1.54, 1.807) is 6.20 Å². The van der Waals surface area contributed by atoms with Gasteiger partial charge < -0.3 is 4.98 Å². The lowest BCUT2D eigenvalue weighted by Gasteiger charge is -2.25. The molecule has 2 heterocycles. The maximum absolute atomic E-state index is 11.4. The van der Waals surface area contributed by atoms with Gasteiger partial charge in [-0.25, -0.2) is 18.1 Å². The van der Waals surface area contributed by atoms with E-state index >= 15 is 0 Å². The van der Waals surface area contributed by atoms with Gasteiger partial charge in [-0.3, -0.25) is 4.57 Å². The molecule has 0 amide bonds. The smallest absolute Gasteiger partial charge is 0.209 e. The number of hydrogen-bond acceptors (Lipinski definition) is 4. The van der Waals surface area contributed by atoms with Crippen molar-refractivity contribution in [3.63, 3.8) is 0 Å². The fourth-order valence-corrected chi connectivity index (χ4v) is 3.55. The predicted octanol–water partition coefficient (Wildman–Crippen LogP) is 1.73. The summed E-state index contributed by atoms with van der Waals surface area (Å²) in [4.78, 5) is 7.46. The first-order valence-corrected chi connectivity index (χ1v) is 8.41. The molecule has 0 aliphatic rings. The third-order valence-corrected chi connectivity index (χ3v) is 4.01. The lowest BCUT2D eigenvalue weighted by atomic mass is 10.1. The molecule has 0 saturated heterocycles. The highest BCUT2D eigenvalue weighted by molar-refractivity contribution is 7.88. The number of fused-ring (bicyclic) bond motifs is 1. The first kappa shape index (κ1) is 15.1. The Bertz CT molecular complexity index is 802. The summed E-state index contributed by atoms with van der Waals surface area (Å²) >= 11 is 5.30. The van der Waals surface area contributed by atoms with E-state index in [-0.39, 0.29) is 0 Å². The third-order valence-electron chi connectivity index (χ3n) is 2.76. The van der Waals surface area contributed by atoms with E-state index in [9.17, 15) is 8.42 Å². The fourth-order valence-electron chi connectivity index (χ4n) is 2.22. The SMILES string of the molecule is Cc1cnc2c(c1)[nH]c(=S)n2CC(C)(C)NS(C)(=O)=O. The topological polar surface area (TPSA) is 79.8 Å². The van der Waals surface area contributed by atoms with E-state index in [1.807, 2.05) is 31.4 Å². The van der Waals surface area contributed by atoms with Crippen molar-refractivity contribution in [1.29, 1.82) is 0 Å². The van der Waals surface area contributed by atoms with E-state index in [0.29, 0.717) is 11.3 Å². The minimum Gasteiger partial charge on any atom is -0.329 e. The Hall–Kier alpha value is -1.25. The van der Waals surface area contributed by atoms with Crippen LogP contribution >= 0.6 is 12.2 Å². The van der Waals surface area contributed by atoms with E-state index < -0.39 is 15.6 Å². The highest BCUT2D eigenvalue weighted by Gasteiger charge is 2.24. The highest BCUT2D eigenvalue weighted by Crippen LogP contribution is 2.17. The Balaban J connectivity index is 2.44. The average molecular weight is 314 g/mol. The van der Waals surface area contributed by atoms with E-state index in [2.05, 4.69) is 14.7 Å². The Kier molecular flexibility index (Phi) is 3.74. The molecule has 20 heavy (non-hydrogen) atoms. The summed E-state index contributed by atoms with van der Waals surface area (Å²) in [5.41, 5.74) is 1.96. The largest absolute Gasteiger partial charge is 0.329 e. The summed E-state index contributed by atoms with van der Waals surface area (Å²) in [6.07, 6.45) is 2.91. The standard InChI is InChI=1S/C12H18N4O2S2/c1-8-5-9-10(13-6-8)16(11(19)14-9)7-12(2,3)15-20(4,17)18/h5-6,15H,7H2,1-4H3,(H,14,19). The van der Waals surface area contributed by atoms with Crippen LogP contribution in [-0.4, -0.2) is 34.7 Å². The number of imidazole rings is 1. The van der Waals surface area contributed by atoms with Gasteiger partial charge in [-0.2, -0.15) is 0 Å². The molecule has 6 nitrogen and oxygen atoms in total. The van der Waals surface area contributed by atoms with Gasteiger partial charge in [0.25, 0.3) is 0 Å². The third kappa shape index (κ3) is 3.44. The van der Waals surface area contributed by atoms with Crippen LogP contribution in [0.25, 0.3) is 11.2 Å².